The van der Waals surface area contributed by atoms with Crippen LogP contribution in [0.5, 0.6) is 0 Å². The Hall–Kier alpha value is -4.72. The van der Waals surface area contributed by atoms with Crippen molar-refractivity contribution in [1.29, 1.82) is 0 Å². The molecule has 0 saturated heterocycles. The highest BCUT2D eigenvalue weighted by Gasteiger charge is 2.39. The summed E-state index contributed by atoms with van der Waals surface area (Å²) in [7, 11) is 2.64. The van der Waals surface area contributed by atoms with Gasteiger partial charge in [0.15, 0.2) is 5.69 Å². The predicted molar refractivity (Wildman–Crippen MR) is 163 cm³/mol. The maximum absolute atomic E-state index is 13.6. The molecule has 1 aromatic heterocycles. The molecule has 3 rings (SSSR count). The van der Waals surface area contributed by atoms with Crippen LogP contribution < -0.4 is 0 Å². The van der Waals surface area contributed by atoms with Crippen molar-refractivity contribution in [3.8, 4) is 11.3 Å². The summed E-state index contributed by atoms with van der Waals surface area (Å²) in [6.45, 7) is 16.3. The average molecular weight is 571 g/mol. The van der Waals surface area contributed by atoms with Crippen LogP contribution in [-0.2, 0) is 23.8 Å². The third kappa shape index (κ3) is 6.43. The van der Waals surface area contributed by atoms with E-state index in [1.54, 1.807) is 49.8 Å². The van der Waals surface area contributed by atoms with Crippen LogP contribution in [0.3, 0.4) is 0 Å². The molecule has 0 saturated carbocycles. The van der Waals surface area contributed by atoms with Crippen LogP contribution in [0.4, 0.5) is 0 Å². The van der Waals surface area contributed by atoms with Gasteiger partial charge >= 0.3 is 5.97 Å². The molecule has 1 aliphatic carbocycles. The van der Waals surface area contributed by atoms with Gasteiger partial charge in [0, 0.05) is 22.3 Å². The predicted octanol–water partition coefficient (Wildman–Crippen LogP) is 6.56. The lowest BCUT2D eigenvalue weighted by Crippen LogP contribution is -2.34. The largest absolute Gasteiger partial charge is 0.489 e. The van der Waals surface area contributed by atoms with Gasteiger partial charge in [-0.25, -0.2) is 9.48 Å². The summed E-state index contributed by atoms with van der Waals surface area (Å²) in [6, 6.07) is 9.64. The Morgan fingerprint density at radius 2 is 1.64 bits per heavy atom. The quantitative estimate of drug-likeness (QED) is 0.162. The molecular formula is C34H38N2O6. The third-order valence-corrected chi connectivity index (χ3v) is 6.97. The van der Waals surface area contributed by atoms with E-state index in [1.807, 2.05) is 50.3 Å². The van der Waals surface area contributed by atoms with Crippen molar-refractivity contribution < 1.29 is 28.6 Å². The van der Waals surface area contributed by atoms with Crippen molar-refractivity contribution in [2.45, 2.75) is 46.6 Å². The SMILES string of the molecule is C=C/C=C\C(=C/C=C)n1nc(C(=O)OC(C)(C)CC(C)C2=C(C)C(=O)C(OC)=C(OC)C2=O)c(C)c1-c1ccccc1. The van der Waals surface area contributed by atoms with E-state index in [0.717, 1.165) is 11.3 Å². The number of esters is 1. The van der Waals surface area contributed by atoms with Gasteiger partial charge in [0.25, 0.3) is 0 Å². The number of allylic oxidation sites excluding steroid dienone is 8. The van der Waals surface area contributed by atoms with Crippen molar-refractivity contribution in [2.75, 3.05) is 14.2 Å². The molecule has 8 heteroatoms. The van der Waals surface area contributed by atoms with Crippen molar-refractivity contribution in [2.24, 2.45) is 5.92 Å². The molecule has 0 radical (unpaired) electrons. The van der Waals surface area contributed by atoms with E-state index in [9.17, 15) is 14.4 Å². The van der Waals surface area contributed by atoms with Gasteiger partial charge in [0.05, 0.1) is 25.6 Å². The fourth-order valence-electron chi connectivity index (χ4n) is 5.23. The van der Waals surface area contributed by atoms with E-state index in [-0.39, 0.29) is 29.2 Å². The van der Waals surface area contributed by atoms with Crippen molar-refractivity contribution in [3.05, 3.63) is 108 Å². The number of hydrogen-bond donors (Lipinski definition) is 0. The molecule has 0 amide bonds. The number of methoxy groups -OCH3 is 2. The Morgan fingerprint density at radius 3 is 2.21 bits per heavy atom. The van der Waals surface area contributed by atoms with Crippen LogP contribution in [0.1, 0.15) is 50.2 Å². The summed E-state index contributed by atoms with van der Waals surface area (Å²) < 4.78 is 18.1. The highest BCUT2D eigenvalue weighted by molar-refractivity contribution is 6.23. The lowest BCUT2D eigenvalue weighted by molar-refractivity contribution is -0.121. The molecule has 0 bridgehead atoms. The van der Waals surface area contributed by atoms with Gasteiger partial charge in [-0.15, -0.1) is 0 Å². The molecule has 2 aromatic rings. The summed E-state index contributed by atoms with van der Waals surface area (Å²) in [6.07, 6.45) is 8.94. The van der Waals surface area contributed by atoms with Crippen LogP contribution in [0.15, 0.2) is 96.5 Å². The van der Waals surface area contributed by atoms with E-state index in [4.69, 9.17) is 14.2 Å². The first kappa shape index (κ1) is 31.8. The van der Waals surface area contributed by atoms with Crippen molar-refractivity contribution >= 4 is 23.2 Å². The smallest absolute Gasteiger partial charge is 0.359 e. The van der Waals surface area contributed by atoms with Gasteiger partial charge in [0.2, 0.25) is 23.1 Å². The monoisotopic (exact) mass is 570 g/mol. The van der Waals surface area contributed by atoms with Crippen LogP contribution >= 0.6 is 0 Å². The third-order valence-electron chi connectivity index (χ3n) is 6.97. The summed E-state index contributed by atoms with van der Waals surface area (Å²) in [5.74, 6) is -2.12. The molecule has 0 N–H and O–H groups in total. The second kappa shape index (κ2) is 13.3. The Labute approximate surface area is 247 Å². The summed E-state index contributed by atoms with van der Waals surface area (Å²) in [5, 5.41) is 4.68. The lowest BCUT2D eigenvalue weighted by atomic mass is 9.80. The molecule has 1 unspecified atom stereocenters. The minimum Gasteiger partial charge on any atom is -0.489 e. The zero-order valence-corrected chi connectivity index (χ0v) is 25.3. The Balaban J connectivity index is 1.97. The number of Topliss-reactive ketones (excluding diaryl/α,β-unsaturated/α-hetero) is 2. The lowest BCUT2D eigenvalue weighted by Gasteiger charge is -2.30. The van der Waals surface area contributed by atoms with E-state index in [1.165, 1.54) is 14.2 Å². The highest BCUT2D eigenvalue weighted by atomic mass is 16.6. The normalized spacial score (nSPS) is 15.3. The fraction of sp³-hybridized carbons (Fsp3) is 0.294. The molecule has 1 aliphatic rings. The summed E-state index contributed by atoms with van der Waals surface area (Å²) in [5.41, 5.74) is 2.66. The van der Waals surface area contributed by atoms with Crippen LogP contribution in [0, 0.1) is 12.8 Å². The molecule has 1 aromatic carbocycles. The number of rotatable bonds is 12. The Kier molecular flexibility index (Phi) is 10.1. The zero-order chi connectivity index (χ0) is 31.2. The number of hydrogen-bond acceptors (Lipinski definition) is 7. The van der Waals surface area contributed by atoms with Crippen LogP contribution in [0.25, 0.3) is 17.0 Å². The van der Waals surface area contributed by atoms with Crippen molar-refractivity contribution in [1.82, 2.24) is 9.78 Å². The van der Waals surface area contributed by atoms with Gasteiger partial charge in [0.1, 0.15) is 5.60 Å². The fourth-order valence-corrected chi connectivity index (χ4v) is 5.23. The van der Waals surface area contributed by atoms with Gasteiger partial charge in [-0.1, -0.05) is 68.6 Å². The number of nitrogens with zero attached hydrogens (tertiary/aromatic N) is 2. The standard InChI is InChI=1S/C34H38N2O6/c1-10-12-19-25(16-11-2)36-28(24-17-14-13-15-18-24)23(5)27(35-36)33(39)42-34(6,7)20-21(3)26-22(4)29(37)31(40-8)32(41-9)30(26)38/h10-19,21H,1-2,20H2,3-9H3/b19-12-,25-16+. The van der Waals surface area contributed by atoms with Gasteiger partial charge in [-0.05, 0) is 52.2 Å². The van der Waals surface area contributed by atoms with Gasteiger partial charge < -0.3 is 14.2 Å². The molecule has 42 heavy (non-hydrogen) atoms. The molecule has 0 spiro atoms. The number of carbonyl (C=O) groups excluding carboxylic acids is 3. The molecule has 0 fully saturated rings. The Bertz CT molecular complexity index is 1530. The highest BCUT2D eigenvalue weighted by Crippen LogP contribution is 2.35. The molecule has 220 valence electrons. The average Bonchev–Trinajstić information content (AvgIpc) is 3.29. The Morgan fingerprint density at radius 1 is 1.02 bits per heavy atom. The number of ketones is 2. The van der Waals surface area contributed by atoms with E-state index < -0.39 is 29.1 Å². The number of ether oxygens (including phenoxy) is 3. The first-order valence-electron chi connectivity index (χ1n) is 13.5. The summed E-state index contributed by atoms with van der Waals surface area (Å²) >= 11 is 0. The van der Waals surface area contributed by atoms with E-state index >= 15 is 0 Å². The molecule has 1 atom stereocenters. The topological polar surface area (TPSA) is 96.7 Å². The van der Waals surface area contributed by atoms with E-state index in [2.05, 4.69) is 18.3 Å². The minimum atomic E-state index is -1.02. The van der Waals surface area contributed by atoms with Gasteiger partial charge in [-0.2, -0.15) is 5.10 Å². The molecule has 1 heterocycles. The number of aromatic nitrogens is 2. The molecule has 0 aliphatic heterocycles. The minimum absolute atomic E-state index is 0.116. The van der Waals surface area contributed by atoms with Gasteiger partial charge in [-0.3, -0.25) is 9.59 Å². The summed E-state index contributed by atoms with van der Waals surface area (Å²) in [4.78, 5) is 39.8. The maximum atomic E-state index is 13.6. The van der Waals surface area contributed by atoms with Crippen LogP contribution in [0.2, 0.25) is 0 Å². The molecule has 8 nitrogen and oxygen atoms in total. The second-order valence-corrected chi connectivity index (χ2v) is 10.5. The first-order valence-corrected chi connectivity index (χ1v) is 13.5. The second-order valence-electron chi connectivity index (χ2n) is 10.5. The molecular weight excluding hydrogens is 532 g/mol. The van der Waals surface area contributed by atoms with Crippen molar-refractivity contribution in [3.63, 3.8) is 0 Å². The van der Waals surface area contributed by atoms with Crippen LogP contribution in [-0.4, -0.2) is 47.1 Å². The zero-order valence-electron chi connectivity index (χ0n) is 25.3. The maximum Gasteiger partial charge on any atom is 0.359 e. The number of carbonyl (C=O) groups is 3. The number of benzene rings is 1. The first-order chi connectivity index (χ1) is 19.9. The van der Waals surface area contributed by atoms with E-state index in [0.29, 0.717) is 16.8 Å².